The number of fused-ring (bicyclic) bond motifs is 1. The van der Waals surface area contributed by atoms with Crippen LogP contribution in [0.2, 0.25) is 0 Å². The van der Waals surface area contributed by atoms with E-state index < -0.39 is 18.9 Å². The van der Waals surface area contributed by atoms with Gasteiger partial charge in [-0.2, -0.15) is 0 Å². The number of aromatic hydroxyl groups is 1. The Labute approximate surface area is 213 Å². The van der Waals surface area contributed by atoms with Gasteiger partial charge in [0.1, 0.15) is 0 Å². The average Bonchev–Trinajstić information content (AvgIpc) is 3.20. The van der Waals surface area contributed by atoms with Crippen LogP contribution in [0.4, 0.5) is 14.5 Å². The van der Waals surface area contributed by atoms with Gasteiger partial charge in [0.25, 0.3) is 12.3 Å². The van der Waals surface area contributed by atoms with E-state index in [2.05, 4.69) is 21.7 Å². The molecule has 4 aromatic rings. The number of aromatic amines is 1. The number of hydrogen-bond donors (Lipinski definition) is 3. The summed E-state index contributed by atoms with van der Waals surface area (Å²) in [6.07, 6.45) is -2.64. The van der Waals surface area contributed by atoms with E-state index in [4.69, 9.17) is 4.99 Å². The molecule has 0 saturated carbocycles. The SMILES string of the molecule is CN(C)Cc1ccc(N=C(c2ccccc2)c2c(O)[nH]c3cc(C#CC(=O)NCC(F)F)ccc23)cc1. The molecule has 0 atom stereocenters. The maximum absolute atomic E-state index is 12.3. The number of carbonyl (C=O) groups excluding carboxylic acids is 1. The first kappa shape index (κ1) is 25.6. The molecule has 6 nitrogen and oxygen atoms in total. The Morgan fingerprint density at radius 1 is 1.08 bits per heavy atom. The fourth-order valence-corrected chi connectivity index (χ4v) is 3.87. The summed E-state index contributed by atoms with van der Waals surface area (Å²) in [6.45, 7) is 0.0677. The van der Waals surface area contributed by atoms with Gasteiger partial charge in [0.15, 0.2) is 5.88 Å². The highest BCUT2D eigenvalue weighted by Gasteiger charge is 2.19. The van der Waals surface area contributed by atoms with Gasteiger partial charge in [0.2, 0.25) is 0 Å². The predicted octanol–water partition coefficient (Wildman–Crippen LogP) is 4.84. The molecule has 0 aliphatic rings. The second-order valence-electron chi connectivity index (χ2n) is 8.69. The number of aromatic nitrogens is 1. The number of carbonyl (C=O) groups is 1. The van der Waals surface area contributed by atoms with Crippen molar-refractivity contribution in [3.05, 3.63) is 95.1 Å². The van der Waals surface area contributed by atoms with Gasteiger partial charge in [-0.1, -0.05) is 54.5 Å². The molecule has 0 spiro atoms. The lowest BCUT2D eigenvalue weighted by atomic mass is 10.00. The van der Waals surface area contributed by atoms with Crippen LogP contribution in [-0.4, -0.2) is 53.7 Å². The Hall–Kier alpha value is -4.48. The topological polar surface area (TPSA) is 80.7 Å². The third-order valence-electron chi connectivity index (χ3n) is 5.48. The molecular weight excluding hydrogens is 474 g/mol. The van der Waals surface area contributed by atoms with Gasteiger partial charge >= 0.3 is 0 Å². The van der Waals surface area contributed by atoms with Crippen molar-refractivity contribution in [2.45, 2.75) is 13.0 Å². The van der Waals surface area contributed by atoms with Crippen molar-refractivity contribution in [3.63, 3.8) is 0 Å². The molecule has 8 heteroatoms. The first-order valence-electron chi connectivity index (χ1n) is 11.6. The smallest absolute Gasteiger partial charge is 0.296 e. The molecule has 0 aliphatic heterocycles. The quantitative estimate of drug-likeness (QED) is 0.251. The van der Waals surface area contributed by atoms with E-state index in [9.17, 15) is 18.7 Å². The van der Waals surface area contributed by atoms with Crippen molar-refractivity contribution < 1.29 is 18.7 Å². The first-order valence-corrected chi connectivity index (χ1v) is 11.6. The minimum atomic E-state index is -2.64. The van der Waals surface area contributed by atoms with Crippen LogP contribution in [0.15, 0.2) is 77.8 Å². The molecule has 3 N–H and O–H groups in total. The summed E-state index contributed by atoms with van der Waals surface area (Å²) in [5.41, 5.74) is 4.95. The average molecular weight is 501 g/mol. The summed E-state index contributed by atoms with van der Waals surface area (Å²) in [5.74, 6) is 4.13. The van der Waals surface area contributed by atoms with Crippen molar-refractivity contribution in [1.82, 2.24) is 15.2 Å². The summed E-state index contributed by atoms with van der Waals surface area (Å²) in [5, 5.41) is 13.7. The molecule has 1 amide bonds. The number of nitrogens with one attached hydrogen (secondary N) is 2. The van der Waals surface area contributed by atoms with Gasteiger partial charge in [0.05, 0.1) is 29.0 Å². The van der Waals surface area contributed by atoms with Gasteiger partial charge in [-0.25, -0.2) is 13.8 Å². The standard InChI is InChI=1S/C29H26F2N4O2/c1-35(2)18-20-8-12-22(13-9-20)33-28(21-6-4-3-5-7-21)27-23-14-10-19(16-24(23)34-29(27)37)11-15-26(36)32-17-25(30)31/h3-10,12-14,16,25,34,37H,17-18H2,1-2H3,(H,32,36). The summed E-state index contributed by atoms with van der Waals surface area (Å²) in [4.78, 5) is 21.6. The summed E-state index contributed by atoms with van der Waals surface area (Å²) < 4.78 is 24.5. The van der Waals surface area contributed by atoms with E-state index in [0.29, 0.717) is 22.4 Å². The van der Waals surface area contributed by atoms with Crippen LogP contribution >= 0.6 is 0 Å². The van der Waals surface area contributed by atoms with E-state index in [-0.39, 0.29) is 5.88 Å². The fourth-order valence-electron chi connectivity index (χ4n) is 3.87. The number of H-pyrrole nitrogens is 1. The summed E-state index contributed by atoms with van der Waals surface area (Å²) in [6, 6.07) is 22.7. The molecule has 0 fully saturated rings. The van der Waals surface area contributed by atoms with Crippen molar-refractivity contribution in [2.24, 2.45) is 4.99 Å². The van der Waals surface area contributed by atoms with E-state index in [1.165, 1.54) is 0 Å². The minimum Gasteiger partial charge on any atom is -0.494 e. The zero-order valence-corrected chi connectivity index (χ0v) is 20.4. The molecule has 0 radical (unpaired) electrons. The third-order valence-corrected chi connectivity index (χ3v) is 5.48. The van der Waals surface area contributed by atoms with Gasteiger partial charge < -0.3 is 20.3 Å². The van der Waals surface area contributed by atoms with E-state index in [0.717, 1.165) is 28.7 Å². The molecule has 1 heterocycles. The molecular formula is C29H26F2N4O2. The molecule has 188 valence electrons. The van der Waals surface area contributed by atoms with Crippen molar-refractivity contribution in [2.75, 3.05) is 20.6 Å². The lowest BCUT2D eigenvalue weighted by Gasteiger charge is -2.10. The maximum Gasteiger partial charge on any atom is 0.296 e. The molecule has 3 aromatic carbocycles. The van der Waals surface area contributed by atoms with Crippen molar-refractivity contribution in [1.29, 1.82) is 0 Å². The van der Waals surface area contributed by atoms with Crippen molar-refractivity contribution >= 4 is 28.2 Å². The molecule has 0 saturated heterocycles. The lowest BCUT2D eigenvalue weighted by molar-refractivity contribution is -0.116. The van der Waals surface area contributed by atoms with Crippen LogP contribution in [-0.2, 0) is 11.3 Å². The number of amides is 1. The highest BCUT2D eigenvalue weighted by atomic mass is 19.3. The lowest BCUT2D eigenvalue weighted by Crippen LogP contribution is -2.26. The molecule has 1 aromatic heterocycles. The van der Waals surface area contributed by atoms with E-state index >= 15 is 0 Å². The number of nitrogens with zero attached hydrogens (tertiary/aromatic N) is 2. The van der Waals surface area contributed by atoms with E-state index in [1.807, 2.05) is 74.0 Å². The van der Waals surface area contributed by atoms with Crippen LogP contribution in [0.3, 0.4) is 0 Å². The zero-order valence-electron chi connectivity index (χ0n) is 20.4. The van der Waals surface area contributed by atoms with Crippen molar-refractivity contribution in [3.8, 4) is 17.7 Å². The number of alkyl halides is 2. The molecule has 37 heavy (non-hydrogen) atoms. The van der Waals surface area contributed by atoms with Crippen LogP contribution < -0.4 is 5.32 Å². The summed E-state index contributed by atoms with van der Waals surface area (Å²) in [7, 11) is 4.02. The van der Waals surface area contributed by atoms with E-state index in [1.54, 1.807) is 18.2 Å². The second kappa shape index (κ2) is 11.5. The Morgan fingerprint density at radius 2 is 1.81 bits per heavy atom. The monoisotopic (exact) mass is 500 g/mol. The highest BCUT2D eigenvalue weighted by molar-refractivity contribution is 6.22. The normalized spacial score (nSPS) is 11.6. The molecule has 4 rings (SSSR count). The fraction of sp³-hybridized carbons (Fsp3) is 0.172. The minimum absolute atomic E-state index is 0.0541. The molecule has 0 bridgehead atoms. The Balaban J connectivity index is 1.72. The number of benzene rings is 3. The number of hydrogen-bond acceptors (Lipinski definition) is 4. The second-order valence-corrected chi connectivity index (χ2v) is 8.69. The number of rotatable bonds is 7. The predicted molar refractivity (Wildman–Crippen MR) is 141 cm³/mol. The molecule has 0 aliphatic carbocycles. The maximum atomic E-state index is 12.3. The van der Waals surface area contributed by atoms with Crippen LogP contribution in [0.25, 0.3) is 10.9 Å². The largest absolute Gasteiger partial charge is 0.494 e. The van der Waals surface area contributed by atoms with Gasteiger partial charge in [0, 0.05) is 29.0 Å². The van der Waals surface area contributed by atoms with Gasteiger partial charge in [-0.15, -0.1) is 0 Å². The highest BCUT2D eigenvalue weighted by Crippen LogP contribution is 2.32. The summed E-state index contributed by atoms with van der Waals surface area (Å²) >= 11 is 0. The molecule has 0 unspecified atom stereocenters. The third kappa shape index (κ3) is 6.60. The zero-order chi connectivity index (χ0) is 26.4. The van der Waals surface area contributed by atoms with Gasteiger partial charge in [-0.05, 0) is 43.9 Å². The number of halogens is 2. The van der Waals surface area contributed by atoms with Gasteiger partial charge in [-0.3, -0.25) is 4.79 Å². The Kier molecular flexibility index (Phi) is 7.96. The Morgan fingerprint density at radius 3 is 2.49 bits per heavy atom. The van der Waals surface area contributed by atoms with Crippen LogP contribution in [0.1, 0.15) is 22.3 Å². The van der Waals surface area contributed by atoms with Crippen LogP contribution in [0, 0.1) is 11.8 Å². The first-order chi connectivity index (χ1) is 17.8. The Bertz CT molecular complexity index is 1480. The van der Waals surface area contributed by atoms with Crippen LogP contribution in [0.5, 0.6) is 5.88 Å². The number of aliphatic imine (C=N–C) groups is 1.